The summed E-state index contributed by atoms with van der Waals surface area (Å²) in [6.07, 6.45) is -2.66. The monoisotopic (exact) mass is 738 g/mol. The summed E-state index contributed by atoms with van der Waals surface area (Å²) in [6.45, 7) is 11.0. The van der Waals surface area contributed by atoms with E-state index in [4.69, 9.17) is 28.4 Å². The van der Waals surface area contributed by atoms with Crippen LogP contribution in [0.4, 0.5) is 0 Å². The summed E-state index contributed by atoms with van der Waals surface area (Å²) in [5.74, 6) is -0.185. The molecule has 7 aliphatic rings. The van der Waals surface area contributed by atoms with Crippen molar-refractivity contribution >= 4 is 5.78 Å². The Morgan fingerprint density at radius 3 is 1.87 bits per heavy atom. The minimum absolute atomic E-state index is 0.0135. The van der Waals surface area contributed by atoms with Crippen molar-refractivity contribution in [1.29, 1.82) is 0 Å². The van der Waals surface area contributed by atoms with Crippen LogP contribution in [0, 0.1) is 28.6 Å². The third kappa shape index (κ3) is 6.56. The van der Waals surface area contributed by atoms with Gasteiger partial charge in [0.05, 0.1) is 54.4 Å². The number of ketones is 1. The molecular weight excluding hydrogens is 676 g/mol. The van der Waals surface area contributed by atoms with Gasteiger partial charge < -0.3 is 59.1 Å². The zero-order valence-electron chi connectivity index (χ0n) is 31.5. The van der Waals surface area contributed by atoms with Crippen LogP contribution >= 0.6 is 0 Å². The van der Waals surface area contributed by atoms with Gasteiger partial charge in [0.1, 0.15) is 24.1 Å². The van der Waals surface area contributed by atoms with E-state index in [-0.39, 0.29) is 54.3 Å². The average Bonchev–Trinajstić information content (AvgIpc) is 3.36. The second-order valence-electron chi connectivity index (χ2n) is 17.7. The summed E-state index contributed by atoms with van der Waals surface area (Å²) >= 11 is 0. The first kappa shape index (κ1) is 39.2. The molecule has 0 spiro atoms. The molecule has 13 heteroatoms. The van der Waals surface area contributed by atoms with Crippen molar-refractivity contribution in [2.75, 3.05) is 0 Å². The highest BCUT2D eigenvalue weighted by Gasteiger charge is 2.70. The first-order valence-corrected chi connectivity index (χ1v) is 19.7. The van der Waals surface area contributed by atoms with E-state index in [9.17, 15) is 35.4 Å². The number of carbonyl (C=O) groups excluding carboxylic acids is 1. The summed E-state index contributed by atoms with van der Waals surface area (Å²) in [7, 11) is 0. The minimum atomic E-state index is -1.09. The molecule has 296 valence electrons. The van der Waals surface area contributed by atoms with Gasteiger partial charge in [0, 0.05) is 30.6 Å². The Bertz CT molecular complexity index is 1310. The highest BCUT2D eigenvalue weighted by Crippen LogP contribution is 2.68. The van der Waals surface area contributed by atoms with Crippen molar-refractivity contribution in [3.8, 4) is 0 Å². The molecule has 3 saturated heterocycles. The standard InChI is InChI=1S/C39H62O13/c1-18(40)24-10-12-39(46)25-8-7-22-13-23(9-11-37(22,5)26(25)14-30(44)38(24,39)6)50-31-16-28(42)35(20(3)48-31)52-33-17-29(43)36(21(4)49-33)51-32-15-27(41)34(45)19(2)47-32/h7,19-21,23-36,41-46H,8-17H2,1-6H3/t19-,20-,21-,23+,24?,25?,26?,27+,28+,29+,30+,31+,32+,33+,34-,35-,36-,37+,38+,39-/m1/s1. The molecule has 0 aromatic carbocycles. The van der Waals surface area contributed by atoms with Crippen molar-refractivity contribution in [3.05, 3.63) is 11.6 Å². The second-order valence-corrected chi connectivity index (χ2v) is 17.7. The molecule has 7 rings (SSSR count). The summed E-state index contributed by atoms with van der Waals surface area (Å²) < 4.78 is 36.7. The molecule has 0 radical (unpaired) electrons. The molecular formula is C39H62O13. The summed E-state index contributed by atoms with van der Waals surface area (Å²) in [5.41, 5.74) is -0.820. The predicted octanol–water partition coefficient (Wildman–Crippen LogP) is 2.24. The van der Waals surface area contributed by atoms with Crippen LogP contribution in [0.15, 0.2) is 11.6 Å². The first-order chi connectivity index (χ1) is 24.5. The van der Waals surface area contributed by atoms with E-state index in [0.717, 1.165) is 12.8 Å². The van der Waals surface area contributed by atoms with Gasteiger partial charge >= 0.3 is 0 Å². The lowest BCUT2D eigenvalue weighted by Crippen LogP contribution is -2.66. The number of fused-ring (bicyclic) bond motifs is 5. The Balaban J connectivity index is 0.924. The molecule has 3 saturated carbocycles. The molecule has 0 aromatic heterocycles. The van der Waals surface area contributed by atoms with E-state index >= 15 is 0 Å². The number of hydrogen-bond donors (Lipinski definition) is 6. The largest absolute Gasteiger partial charge is 0.392 e. The van der Waals surface area contributed by atoms with E-state index in [1.54, 1.807) is 20.8 Å². The van der Waals surface area contributed by atoms with Gasteiger partial charge in [0.2, 0.25) is 0 Å². The Morgan fingerprint density at radius 1 is 0.750 bits per heavy atom. The molecule has 0 amide bonds. The Labute approximate surface area is 306 Å². The van der Waals surface area contributed by atoms with Crippen LogP contribution in [0.3, 0.4) is 0 Å². The fourth-order valence-corrected chi connectivity index (χ4v) is 11.6. The van der Waals surface area contributed by atoms with Gasteiger partial charge in [-0.2, -0.15) is 0 Å². The third-order valence-electron chi connectivity index (χ3n) is 14.8. The normalized spacial score (nSPS) is 55.2. The van der Waals surface area contributed by atoms with E-state index in [2.05, 4.69) is 13.0 Å². The molecule has 0 aromatic rings. The van der Waals surface area contributed by atoms with Crippen LogP contribution in [0.1, 0.15) is 106 Å². The molecule has 52 heavy (non-hydrogen) atoms. The minimum Gasteiger partial charge on any atom is -0.392 e. The highest BCUT2D eigenvalue weighted by molar-refractivity contribution is 5.80. The van der Waals surface area contributed by atoms with Gasteiger partial charge in [-0.25, -0.2) is 0 Å². The number of Topliss-reactive ketones (excluding diaryl/α,β-unsaturated/α-hetero) is 1. The van der Waals surface area contributed by atoms with Crippen LogP contribution in [0.25, 0.3) is 0 Å². The van der Waals surface area contributed by atoms with Gasteiger partial charge in [-0.3, -0.25) is 4.79 Å². The van der Waals surface area contributed by atoms with Crippen LogP contribution in [0.2, 0.25) is 0 Å². The smallest absolute Gasteiger partial charge is 0.161 e. The van der Waals surface area contributed by atoms with Crippen molar-refractivity contribution in [2.24, 2.45) is 28.6 Å². The zero-order valence-corrected chi connectivity index (χ0v) is 31.5. The van der Waals surface area contributed by atoms with Crippen LogP contribution in [-0.4, -0.2) is 128 Å². The summed E-state index contributed by atoms with van der Waals surface area (Å²) in [6, 6.07) is 0. The third-order valence-corrected chi connectivity index (χ3v) is 14.8. The second kappa shape index (κ2) is 14.5. The van der Waals surface area contributed by atoms with Gasteiger partial charge in [-0.05, 0) is 89.9 Å². The van der Waals surface area contributed by atoms with Gasteiger partial charge in [-0.1, -0.05) is 25.5 Å². The first-order valence-electron chi connectivity index (χ1n) is 19.7. The van der Waals surface area contributed by atoms with Crippen LogP contribution in [-0.2, 0) is 33.2 Å². The van der Waals surface area contributed by atoms with Crippen LogP contribution in [0.5, 0.6) is 0 Å². The maximum Gasteiger partial charge on any atom is 0.161 e. The maximum absolute atomic E-state index is 12.6. The molecule has 6 fully saturated rings. The number of hydrogen-bond acceptors (Lipinski definition) is 13. The average molecular weight is 739 g/mol. The van der Waals surface area contributed by atoms with Gasteiger partial charge in [-0.15, -0.1) is 0 Å². The molecule has 3 aliphatic heterocycles. The van der Waals surface area contributed by atoms with E-state index < -0.39 is 90.9 Å². The van der Waals surface area contributed by atoms with E-state index in [1.807, 2.05) is 13.8 Å². The molecule has 4 aliphatic carbocycles. The highest BCUT2D eigenvalue weighted by atomic mass is 16.7. The SMILES string of the molecule is CC(=O)C1CC[C@@]2(O)C3CC=C4C[C@@H](O[C@H]5C[C@H](O)[C@H](O[C@H]6C[C@H](O)[C@H](O[C@H]7C[C@H](O)[C@H](O)[C@@H](C)O7)[C@@H](C)O6)[C@@H](C)O5)CC[C@]4(C)C3C[C@H](O)[C@]12C. The quantitative estimate of drug-likeness (QED) is 0.209. The topological polar surface area (TPSA) is 194 Å². The number of rotatable bonds is 7. The number of allylic oxidation sites excluding steroid dienone is 1. The number of aliphatic hydroxyl groups is 6. The Morgan fingerprint density at radius 2 is 1.31 bits per heavy atom. The van der Waals surface area contributed by atoms with Crippen molar-refractivity contribution in [3.63, 3.8) is 0 Å². The Hall–Kier alpha value is -1.07. The molecule has 3 unspecified atom stereocenters. The fraction of sp³-hybridized carbons (Fsp3) is 0.923. The summed E-state index contributed by atoms with van der Waals surface area (Å²) in [4.78, 5) is 12.6. The van der Waals surface area contributed by atoms with Crippen LogP contribution < -0.4 is 0 Å². The lowest BCUT2D eigenvalue weighted by Gasteiger charge is -2.62. The number of aliphatic hydroxyl groups excluding tert-OH is 5. The van der Waals surface area contributed by atoms with Crippen molar-refractivity contribution in [2.45, 2.75) is 197 Å². The maximum atomic E-state index is 12.6. The lowest BCUT2D eigenvalue weighted by atomic mass is 9.45. The summed E-state index contributed by atoms with van der Waals surface area (Å²) in [5, 5.41) is 66.1. The Kier molecular flexibility index (Phi) is 10.9. The van der Waals surface area contributed by atoms with Gasteiger partial charge in [0.15, 0.2) is 18.9 Å². The fourth-order valence-electron chi connectivity index (χ4n) is 11.6. The number of ether oxygens (including phenoxy) is 6. The molecule has 13 nitrogen and oxygen atoms in total. The zero-order chi connectivity index (χ0) is 37.5. The van der Waals surface area contributed by atoms with Crippen molar-refractivity contribution < 1.29 is 63.9 Å². The van der Waals surface area contributed by atoms with Gasteiger partial charge in [0.25, 0.3) is 0 Å². The van der Waals surface area contributed by atoms with E-state index in [1.165, 1.54) is 5.57 Å². The molecule has 3 heterocycles. The van der Waals surface area contributed by atoms with E-state index in [0.29, 0.717) is 32.1 Å². The number of carbonyl (C=O) groups is 1. The predicted molar refractivity (Wildman–Crippen MR) is 184 cm³/mol. The molecule has 20 atom stereocenters. The molecule has 0 bridgehead atoms. The molecule has 6 N–H and O–H groups in total. The lowest BCUT2D eigenvalue weighted by molar-refractivity contribution is -0.335. The van der Waals surface area contributed by atoms with Crippen molar-refractivity contribution in [1.82, 2.24) is 0 Å².